The molecule has 132 valence electrons. The lowest BCUT2D eigenvalue weighted by Crippen LogP contribution is -2.51. The molecule has 0 bridgehead atoms. The second-order valence-corrected chi connectivity index (χ2v) is 6.28. The van der Waals surface area contributed by atoms with E-state index in [0.717, 1.165) is 11.1 Å². The van der Waals surface area contributed by atoms with Crippen LogP contribution in [-0.4, -0.2) is 52.8 Å². The first kappa shape index (κ1) is 17.2. The van der Waals surface area contributed by atoms with Crippen LogP contribution in [0.15, 0.2) is 42.7 Å². The van der Waals surface area contributed by atoms with Gasteiger partial charge in [0.2, 0.25) is 11.8 Å². The summed E-state index contributed by atoms with van der Waals surface area (Å²) in [7, 11) is 0. The Morgan fingerprint density at radius 3 is 2.16 bits per heavy atom. The largest absolute Gasteiger partial charge is 0.367 e. The molecule has 2 amide bonds. The summed E-state index contributed by atoms with van der Waals surface area (Å²) in [4.78, 5) is 31.1. The summed E-state index contributed by atoms with van der Waals surface area (Å²) in [6.07, 6.45) is 5.03. The predicted molar refractivity (Wildman–Crippen MR) is 92.4 cm³/mol. The Kier molecular flexibility index (Phi) is 5.48. The summed E-state index contributed by atoms with van der Waals surface area (Å²) in [5, 5.41) is 0. The van der Waals surface area contributed by atoms with Crippen molar-refractivity contribution in [3.05, 3.63) is 59.7 Å². The highest BCUT2D eigenvalue weighted by Crippen LogP contribution is 2.10. The number of rotatable bonds is 5. The van der Waals surface area contributed by atoms with Gasteiger partial charge in [0.15, 0.2) is 0 Å². The second kappa shape index (κ2) is 7.96. The molecule has 0 spiro atoms. The predicted octanol–water partition coefficient (Wildman–Crippen LogP) is 2.00. The maximum atomic E-state index is 12.9. The van der Waals surface area contributed by atoms with Crippen molar-refractivity contribution >= 4 is 11.8 Å². The second-order valence-electron chi connectivity index (χ2n) is 6.28. The smallest absolute Gasteiger partial charge is 0.227 e. The van der Waals surface area contributed by atoms with Gasteiger partial charge in [-0.05, 0) is 35.7 Å². The molecular weight excluding hydrogens is 321 g/mol. The summed E-state index contributed by atoms with van der Waals surface area (Å²) in [5.41, 5.74) is 1.93. The molecule has 0 saturated carbocycles. The zero-order valence-electron chi connectivity index (χ0n) is 14.1. The summed E-state index contributed by atoms with van der Waals surface area (Å²) in [5.74, 6) is -0.0874. The van der Waals surface area contributed by atoms with Gasteiger partial charge in [0.25, 0.3) is 0 Å². The Labute approximate surface area is 146 Å². The van der Waals surface area contributed by atoms with Gasteiger partial charge >= 0.3 is 0 Å². The van der Waals surface area contributed by atoms with Crippen LogP contribution in [-0.2, 0) is 22.4 Å². The molecule has 5 nitrogen and oxygen atoms in total. The molecule has 1 aliphatic heterocycles. The molecule has 6 heteroatoms. The average molecular weight is 343 g/mol. The van der Waals surface area contributed by atoms with Gasteiger partial charge < -0.3 is 14.8 Å². The van der Waals surface area contributed by atoms with Crippen molar-refractivity contribution in [2.75, 3.05) is 26.2 Å². The molecule has 1 aromatic heterocycles. The molecule has 0 atom stereocenters. The van der Waals surface area contributed by atoms with E-state index in [1.807, 2.05) is 22.1 Å². The Hall–Kier alpha value is -2.63. The Bertz CT molecular complexity index is 705. The number of hydrogen-bond acceptors (Lipinski definition) is 2. The highest BCUT2D eigenvalue weighted by atomic mass is 19.1. The highest BCUT2D eigenvalue weighted by molar-refractivity contribution is 5.80. The fourth-order valence-corrected chi connectivity index (χ4v) is 3.02. The van der Waals surface area contributed by atoms with Gasteiger partial charge in [0, 0.05) is 45.0 Å². The molecule has 0 unspecified atom stereocenters. The number of benzene rings is 1. The number of aromatic amines is 1. The van der Waals surface area contributed by atoms with Crippen molar-refractivity contribution in [1.82, 2.24) is 14.8 Å². The third-order valence-electron chi connectivity index (χ3n) is 4.54. The van der Waals surface area contributed by atoms with Crippen LogP contribution in [0.5, 0.6) is 0 Å². The van der Waals surface area contributed by atoms with E-state index in [1.54, 1.807) is 18.3 Å². The molecule has 1 fully saturated rings. The number of piperazine rings is 1. The van der Waals surface area contributed by atoms with E-state index in [0.29, 0.717) is 45.4 Å². The SMILES string of the molecule is O=C(CCc1ccc(F)cc1)N1CCN(C(=O)Cc2cc[nH]c2)CC1. The number of nitrogens with zero attached hydrogens (tertiary/aromatic N) is 2. The van der Waals surface area contributed by atoms with Gasteiger partial charge in [-0.1, -0.05) is 12.1 Å². The van der Waals surface area contributed by atoms with Crippen molar-refractivity contribution in [2.45, 2.75) is 19.3 Å². The van der Waals surface area contributed by atoms with Crippen molar-refractivity contribution in [3.63, 3.8) is 0 Å². The molecule has 0 aliphatic carbocycles. The van der Waals surface area contributed by atoms with E-state index < -0.39 is 0 Å². The van der Waals surface area contributed by atoms with E-state index in [-0.39, 0.29) is 17.6 Å². The van der Waals surface area contributed by atoms with Crippen molar-refractivity contribution < 1.29 is 14.0 Å². The van der Waals surface area contributed by atoms with E-state index in [1.165, 1.54) is 12.1 Å². The van der Waals surface area contributed by atoms with Gasteiger partial charge in [-0.3, -0.25) is 9.59 Å². The number of carbonyl (C=O) groups is 2. The summed E-state index contributed by atoms with van der Waals surface area (Å²) in [6, 6.07) is 8.14. The quantitative estimate of drug-likeness (QED) is 0.903. The first-order chi connectivity index (χ1) is 12.1. The first-order valence-corrected chi connectivity index (χ1v) is 8.53. The van der Waals surface area contributed by atoms with Crippen LogP contribution in [0.1, 0.15) is 17.5 Å². The molecule has 0 radical (unpaired) electrons. The zero-order chi connectivity index (χ0) is 17.6. The van der Waals surface area contributed by atoms with Crippen molar-refractivity contribution in [2.24, 2.45) is 0 Å². The van der Waals surface area contributed by atoms with Crippen LogP contribution in [0.3, 0.4) is 0 Å². The number of aryl methyl sites for hydroxylation is 1. The molecule has 1 N–H and O–H groups in total. The van der Waals surface area contributed by atoms with E-state index in [2.05, 4.69) is 4.98 Å². The number of hydrogen-bond donors (Lipinski definition) is 1. The number of amides is 2. The number of carbonyl (C=O) groups excluding carboxylic acids is 2. The third kappa shape index (κ3) is 4.68. The third-order valence-corrected chi connectivity index (χ3v) is 4.54. The molecule has 1 saturated heterocycles. The summed E-state index contributed by atoms with van der Waals surface area (Å²) >= 11 is 0. The zero-order valence-corrected chi connectivity index (χ0v) is 14.1. The minimum Gasteiger partial charge on any atom is -0.367 e. The molecule has 1 aromatic carbocycles. The highest BCUT2D eigenvalue weighted by Gasteiger charge is 2.23. The van der Waals surface area contributed by atoms with Crippen molar-refractivity contribution in [1.29, 1.82) is 0 Å². The Morgan fingerprint density at radius 2 is 1.56 bits per heavy atom. The molecular formula is C19H22FN3O2. The van der Waals surface area contributed by atoms with Crippen LogP contribution in [0, 0.1) is 5.82 Å². The van der Waals surface area contributed by atoms with E-state index >= 15 is 0 Å². The van der Waals surface area contributed by atoms with Gasteiger partial charge in [0.1, 0.15) is 5.82 Å². The minimum atomic E-state index is -0.268. The fraction of sp³-hybridized carbons (Fsp3) is 0.368. The Morgan fingerprint density at radius 1 is 0.920 bits per heavy atom. The van der Waals surface area contributed by atoms with Crippen LogP contribution in [0.2, 0.25) is 0 Å². The summed E-state index contributed by atoms with van der Waals surface area (Å²) < 4.78 is 12.9. The van der Waals surface area contributed by atoms with Gasteiger partial charge in [-0.25, -0.2) is 4.39 Å². The molecule has 3 rings (SSSR count). The first-order valence-electron chi connectivity index (χ1n) is 8.53. The van der Waals surface area contributed by atoms with Crippen LogP contribution in [0.4, 0.5) is 4.39 Å². The Balaban J connectivity index is 1.42. The van der Waals surface area contributed by atoms with Crippen LogP contribution < -0.4 is 0 Å². The lowest BCUT2D eigenvalue weighted by atomic mass is 10.1. The van der Waals surface area contributed by atoms with Gasteiger partial charge in [-0.15, -0.1) is 0 Å². The van der Waals surface area contributed by atoms with Gasteiger partial charge in [-0.2, -0.15) is 0 Å². The number of nitrogens with one attached hydrogen (secondary N) is 1. The van der Waals surface area contributed by atoms with Gasteiger partial charge in [0.05, 0.1) is 6.42 Å². The monoisotopic (exact) mass is 343 g/mol. The fourth-order valence-electron chi connectivity index (χ4n) is 3.02. The molecule has 2 aromatic rings. The number of aromatic nitrogens is 1. The van der Waals surface area contributed by atoms with Crippen LogP contribution >= 0.6 is 0 Å². The maximum Gasteiger partial charge on any atom is 0.227 e. The summed E-state index contributed by atoms with van der Waals surface area (Å²) in [6.45, 7) is 2.29. The lowest BCUT2D eigenvalue weighted by Gasteiger charge is -2.35. The molecule has 2 heterocycles. The topological polar surface area (TPSA) is 56.4 Å². The lowest BCUT2D eigenvalue weighted by molar-refractivity contribution is -0.139. The van der Waals surface area contributed by atoms with Crippen molar-refractivity contribution in [3.8, 4) is 0 Å². The minimum absolute atomic E-state index is 0.0852. The normalized spacial score (nSPS) is 14.6. The number of halogens is 1. The molecule has 25 heavy (non-hydrogen) atoms. The molecule has 1 aliphatic rings. The van der Waals surface area contributed by atoms with E-state index in [4.69, 9.17) is 0 Å². The van der Waals surface area contributed by atoms with E-state index in [9.17, 15) is 14.0 Å². The number of H-pyrrole nitrogens is 1. The standard InChI is InChI=1S/C19H22FN3O2/c20-17-4-1-15(2-5-17)3-6-18(24)22-9-11-23(12-10-22)19(25)13-16-7-8-21-14-16/h1-2,4-5,7-8,14,21H,3,6,9-13H2. The maximum absolute atomic E-state index is 12.9. The average Bonchev–Trinajstić information content (AvgIpc) is 3.14. The van der Waals surface area contributed by atoms with Crippen LogP contribution in [0.25, 0.3) is 0 Å².